The van der Waals surface area contributed by atoms with Crippen LogP contribution in [0, 0.1) is 0 Å². The zero-order valence-electron chi connectivity index (χ0n) is 13.9. The van der Waals surface area contributed by atoms with Gasteiger partial charge in [0, 0.05) is 31.4 Å². The molecule has 0 aliphatic rings. The molecule has 0 aliphatic carbocycles. The van der Waals surface area contributed by atoms with Crippen LogP contribution in [-0.2, 0) is 6.54 Å². The van der Waals surface area contributed by atoms with Gasteiger partial charge in [0.15, 0.2) is 4.96 Å². The van der Waals surface area contributed by atoms with Crippen LogP contribution >= 0.6 is 11.3 Å². The molecule has 6 heteroatoms. The molecule has 24 heavy (non-hydrogen) atoms. The Balaban J connectivity index is 1.80. The molecular formula is C18H19N3O2S. The van der Waals surface area contributed by atoms with Crippen LogP contribution in [-0.4, -0.2) is 27.2 Å². The second-order valence-electron chi connectivity index (χ2n) is 6.09. The molecule has 3 aromatic rings. The van der Waals surface area contributed by atoms with Crippen molar-refractivity contribution in [1.82, 2.24) is 14.3 Å². The van der Waals surface area contributed by atoms with Crippen molar-refractivity contribution in [3.8, 4) is 0 Å². The Labute approximate surface area is 144 Å². The van der Waals surface area contributed by atoms with E-state index in [9.17, 15) is 9.59 Å². The molecule has 0 N–H and O–H groups in total. The Morgan fingerprint density at radius 2 is 2.00 bits per heavy atom. The van der Waals surface area contributed by atoms with Gasteiger partial charge in [-0.05, 0) is 17.0 Å². The van der Waals surface area contributed by atoms with Gasteiger partial charge in [-0.2, -0.15) is 0 Å². The van der Waals surface area contributed by atoms with Crippen LogP contribution in [0.4, 0.5) is 0 Å². The fourth-order valence-electron chi connectivity index (χ4n) is 2.53. The van der Waals surface area contributed by atoms with E-state index in [1.165, 1.54) is 27.5 Å². The highest BCUT2D eigenvalue weighted by Gasteiger charge is 2.18. The number of thiazole rings is 1. The summed E-state index contributed by atoms with van der Waals surface area (Å²) in [6, 6.07) is 8.19. The molecule has 0 atom stereocenters. The van der Waals surface area contributed by atoms with E-state index >= 15 is 0 Å². The monoisotopic (exact) mass is 341 g/mol. The second kappa shape index (κ2) is 6.57. The average molecular weight is 341 g/mol. The maximum absolute atomic E-state index is 12.6. The van der Waals surface area contributed by atoms with Gasteiger partial charge in [0.25, 0.3) is 11.5 Å². The van der Waals surface area contributed by atoms with Crippen molar-refractivity contribution in [2.75, 3.05) is 7.05 Å². The van der Waals surface area contributed by atoms with E-state index in [4.69, 9.17) is 0 Å². The van der Waals surface area contributed by atoms with Crippen LogP contribution in [0.5, 0.6) is 0 Å². The van der Waals surface area contributed by atoms with Gasteiger partial charge in [-0.15, -0.1) is 11.3 Å². The number of benzene rings is 1. The Kier molecular flexibility index (Phi) is 4.49. The minimum absolute atomic E-state index is 0.0900. The minimum atomic E-state index is -0.326. The summed E-state index contributed by atoms with van der Waals surface area (Å²) < 4.78 is 1.41. The number of rotatable bonds is 4. The number of carbonyl (C=O) groups is 1. The van der Waals surface area contributed by atoms with Crippen molar-refractivity contribution in [2.45, 2.75) is 26.3 Å². The molecule has 3 rings (SSSR count). The smallest absolute Gasteiger partial charge is 0.271 e. The quantitative estimate of drug-likeness (QED) is 0.732. The Hall–Kier alpha value is -2.47. The van der Waals surface area contributed by atoms with Crippen LogP contribution in [0.15, 0.2) is 46.8 Å². The number of hydrogen-bond acceptors (Lipinski definition) is 4. The molecule has 2 heterocycles. The van der Waals surface area contributed by atoms with E-state index in [0.29, 0.717) is 17.4 Å². The van der Waals surface area contributed by atoms with E-state index in [2.05, 4.69) is 31.0 Å². The van der Waals surface area contributed by atoms with Crippen LogP contribution in [0.2, 0.25) is 0 Å². The van der Waals surface area contributed by atoms with Crippen LogP contribution in [0.3, 0.4) is 0 Å². The van der Waals surface area contributed by atoms with E-state index in [-0.39, 0.29) is 17.0 Å². The van der Waals surface area contributed by atoms with Gasteiger partial charge >= 0.3 is 0 Å². The summed E-state index contributed by atoms with van der Waals surface area (Å²) in [6.07, 6.45) is 3.01. The molecule has 0 fully saturated rings. The number of carbonyl (C=O) groups excluding carboxylic acids is 1. The lowest BCUT2D eigenvalue weighted by Gasteiger charge is -2.17. The fraction of sp³-hybridized carbons (Fsp3) is 0.278. The summed E-state index contributed by atoms with van der Waals surface area (Å²) in [5.41, 5.74) is 2.05. The topological polar surface area (TPSA) is 54.7 Å². The van der Waals surface area contributed by atoms with Gasteiger partial charge in [-0.25, -0.2) is 4.98 Å². The minimum Gasteiger partial charge on any atom is -0.337 e. The molecular weight excluding hydrogens is 322 g/mol. The van der Waals surface area contributed by atoms with Crippen molar-refractivity contribution >= 4 is 22.2 Å². The third-order valence-electron chi connectivity index (χ3n) is 3.99. The lowest BCUT2D eigenvalue weighted by atomic mass is 10.0. The predicted octanol–water partition coefficient (Wildman–Crippen LogP) is 3.15. The molecule has 124 valence electrons. The maximum Gasteiger partial charge on any atom is 0.271 e. The average Bonchev–Trinajstić information content (AvgIpc) is 3.04. The zero-order valence-corrected chi connectivity index (χ0v) is 14.7. The number of aromatic nitrogens is 2. The molecule has 0 saturated carbocycles. The third kappa shape index (κ3) is 3.10. The summed E-state index contributed by atoms with van der Waals surface area (Å²) in [6.45, 7) is 4.74. The first-order valence-electron chi connectivity index (χ1n) is 7.76. The Bertz CT molecular complexity index is 925. The standard InChI is InChI=1S/C18H19N3O2S/c1-12(2)14-6-4-13(5-7-14)11-20(3)16(22)15-10-19-18-21(17(15)23)8-9-24-18/h4-10,12H,11H2,1-3H3. The molecule has 5 nitrogen and oxygen atoms in total. The van der Waals surface area contributed by atoms with Gasteiger partial charge in [0.2, 0.25) is 0 Å². The molecule has 0 saturated heterocycles. The molecule has 0 unspecified atom stereocenters. The van der Waals surface area contributed by atoms with E-state index in [0.717, 1.165) is 5.56 Å². The molecule has 0 radical (unpaired) electrons. The van der Waals surface area contributed by atoms with Crippen molar-refractivity contribution in [1.29, 1.82) is 0 Å². The van der Waals surface area contributed by atoms with Gasteiger partial charge in [-0.1, -0.05) is 38.1 Å². The van der Waals surface area contributed by atoms with Gasteiger partial charge in [0.05, 0.1) is 0 Å². The summed E-state index contributed by atoms with van der Waals surface area (Å²) >= 11 is 1.36. The highest BCUT2D eigenvalue weighted by Crippen LogP contribution is 2.16. The number of nitrogens with zero attached hydrogens (tertiary/aromatic N) is 3. The highest BCUT2D eigenvalue weighted by molar-refractivity contribution is 7.15. The summed E-state index contributed by atoms with van der Waals surface area (Å²) in [7, 11) is 1.70. The highest BCUT2D eigenvalue weighted by atomic mass is 32.1. The molecule has 0 bridgehead atoms. The first kappa shape index (κ1) is 16.4. The third-order valence-corrected chi connectivity index (χ3v) is 4.76. The first-order valence-corrected chi connectivity index (χ1v) is 8.64. The summed E-state index contributed by atoms with van der Waals surface area (Å²) in [5.74, 6) is 0.155. The largest absolute Gasteiger partial charge is 0.337 e. The number of hydrogen-bond donors (Lipinski definition) is 0. The molecule has 1 amide bonds. The van der Waals surface area contributed by atoms with E-state index < -0.39 is 0 Å². The second-order valence-corrected chi connectivity index (χ2v) is 6.96. The van der Waals surface area contributed by atoms with E-state index in [1.807, 2.05) is 12.1 Å². The lowest BCUT2D eigenvalue weighted by Crippen LogP contribution is -2.32. The van der Waals surface area contributed by atoms with Crippen LogP contribution in [0.1, 0.15) is 41.3 Å². The molecule has 1 aromatic carbocycles. The SMILES string of the molecule is CC(C)c1ccc(CN(C)C(=O)c2cnc3sccn3c2=O)cc1. The van der Waals surface area contributed by atoms with Crippen molar-refractivity contribution in [3.05, 3.63) is 69.1 Å². The van der Waals surface area contributed by atoms with Gasteiger partial charge < -0.3 is 4.90 Å². The summed E-state index contributed by atoms with van der Waals surface area (Å²) in [4.78, 5) is 31.3. The lowest BCUT2D eigenvalue weighted by molar-refractivity contribution is 0.0782. The van der Waals surface area contributed by atoms with Crippen molar-refractivity contribution < 1.29 is 4.79 Å². The first-order chi connectivity index (χ1) is 11.5. The molecule has 0 spiro atoms. The van der Waals surface area contributed by atoms with Crippen LogP contribution in [0.25, 0.3) is 4.96 Å². The molecule has 2 aromatic heterocycles. The van der Waals surface area contributed by atoms with E-state index in [1.54, 1.807) is 23.5 Å². The number of amides is 1. The van der Waals surface area contributed by atoms with Crippen molar-refractivity contribution in [2.24, 2.45) is 0 Å². The molecule has 0 aliphatic heterocycles. The summed E-state index contributed by atoms with van der Waals surface area (Å²) in [5, 5.41) is 1.78. The Morgan fingerprint density at radius 1 is 1.29 bits per heavy atom. The van der Waals surface area contributed by atoms with Crippen molar-refractivity contribution in [3.63, 3.8) is 0 Å². The number of fused-ring (bicyclic) bond motifs is 1. The van der Waals surface area contributed by atoms with Gasteiger partial charge in [0.1, 0.15) is 5.56 Å². The van der Waals surface area contributed by atoms with Gasteiger partial charge in [-0.3, -0.25) is 14.0 Å². The maximum atomic E-state index is 12.6. The predicted molar refractivity (Wildman–Crippen MR) is 95.7 cm³/mol. The fourth-order valence-corrected chi connectivity index (χ4v) is 3.21. The van der Waals surface area contributed by atoms with Crippen LogP contribution < -0.4 is 5.56 Å². The Morgan fingerprint density at radius 3 is 2.67 bits per heavy atom. The zero-order chi connectivity index (χ0) is 17.3. The normalized spacial score (nSPS) is 11.2.